The molecule has 2 N–H and O–H groups in total. The van der Waals surface area contributed by atoms with E-state index in [1.54, 1.807) is 23.1 Å². The molecule has 1 aliphatic rings. The quantitative estimate of drug-likeness (QED) is 0.737. The van der Waals surface area contributed by atoms with Crippen molar-refractivity contribution in [3.8, 4) is 5.75 Å². The molecule has 0 radical (unpaired) electrons. The zero-order valence-electron chi connectivity index (χ0n) is 15.1. The first-order valence-corrected chi connectivity index (χ1v) is 9.02. The van der Waals surface area contributed by atoms with Crippen molar-refractivity contribution in [2.75, 3.05) is 13.2 Å². The van der Waals surface area contributed by atoms with Crippen LogP contribution in [0.1, 0.15) is 44.6 Å². The molecule has 1 aliphatic heterocycles. The monoisotopic (exact) mass is 362 g/mol. The zero-order valence-corrected chi connectivity index (χ0v) is 15.1. The molecule has 0 bridgehead atoms. The van der Waals surface area contributed by atoms with Crippen LogP contribution in [-0.4, -0.2) is 47.0 Å². The molecule has 2 amide bonds. The van der Waals surface area contributed by atoms with Crippen LogP contribution in [0.4, 0.5) is 0 Å². The van der Waals surface area contributed by atoms with Gasteiger partial charge in [0.2, 0.25) is 11.8 Å². The van der Waals surface area contributed by atoms with Crippen LogP contribution in [-0.2, 0) is 20.9 Å². The summed E-state index contributed by atoms with van der Waals surface area (Å²) in [5.74, 6) is -0.711. The molecular formula is C19H26N2O5. The highest BCUT2D eigenvalue weighted by atomic mass is 16.5. The Kier molecular flexibility index (Phi) is 7.44. The number of amides is 2. The van der Waals surface area contributed by atoms with E-state index in [-0.39, 0.29) is 11.8 Å². The minimum Gasteiger partial charge on any atom is -0.482 e. The molecule has 1 atom stereocenters. The molecule has 0 spiro atoms. The Labute approximate surface area is 153 Å². The second kappa shape index (κ2) is 9.79. The summed E-state index contributed by atoms with van der Waals surface area (Å²) in [5, 5.41) is 11.5. The van der Waals surface area contributed by atoms with Crippen molar-refractivity contribution in [1.29, 1.82) is 0 Å². The molecule has 0 saturated carbocycles. The topological polar surface area (TPSA) is 95.9 Å². The number of ether oxygens (including phenoxy) is 1. The number of hydrogen-bond acceptors (Lipinski definition) is 4. The van der Waals surface area contributed by atoms with Crippen LogP contribution in [0.15, 0.2) is 24.3 Å². The number of carbonyl (C=O) groups excluding carboxylic acids is 2. The van der Waals surface area contributed by atoms with Gasteiger partial charge in [0.1, 0.15) is 11.8 Å². The number of nitrogens with zero attached hydrogens (tertiary/aromatic N) is 1. The summed E-state index contributed by atoms with van der Waals surface area (Å²) >= 11 is 0. The van der Waals surface area contributed by atoms with E-state index in [9.17, 15) is 14.4 Å². The molecule has 1 unspecified atom stereocenters. The predicted molar refractivity (Wildman–Crippen MR) is 95.7 cm³/mol. The number of likely N-dealkylation sites (tertiary alicyclic amines) is 1. The Morgan fingerprint density at radius 2 is 2.12 bits per heavy atom. The fraction of sp³-hybridized carbons (Fsp3) is 0.526. The summed E-state index contributed by atoms with van der Waals surface area (Å²) in [6.45, 7) is 2.48. The Bertz CT molecular complexity index is 647. The van der Waals surface area contributed by atoms with Crippen molar-refractivity contribution in [3.63, 3.8) is 0 Å². The van der Waals surface area contributed by atoms with Gasteiger partial charge in [0.05, 0.1) is 0 Å². The summed E-state index contributed by atoms with van der Waals surface area (Å²) in [4.78, 5) is 37.1. The van der Waals surface area contributed by atoms with E-state index in [1.165, 1.54) is 0 Å². The van der Waals surface area contributed by atoms with Crippen molar-refractivity contribution in [2.24, 2.45) is 0 Å². The van der Waals surface area contributed by atoms with Gasteiger partial charge < -0.3 is 20.1 Å². The van der Waals surface area contributed by atoms with E-state index < -0.39 is 18.6 Å². The summed E-state index contributed by atoms with van der Waals surface area (Å²) in [7, 11) is 0. The standard InChI is InChI=1S/C19H26N2O5/c1-2-6-17(22)21-10-4-3-9-16(21)19(25)20-12-14-7-5-8-15(11-14)26-13-18(23)24/h5,7-8,11,16H,2-4,6,9-10,12-13H2,1H3,(H,20,25)(H,23,24). The van der Waals surface area contributed by atoms with Crippen molar-refractivity contribution < 1.29 is 24.2 Å². The number of benzene rings is 1. The van der Waals surface area contributed by atoms with E-state index in [1.807, 2.05) is 13.0 Å². The van der Waals surface area contributed by atoms with Crippen molar-refractivity contribution in [3.05, 3.63) is 29.8 Å². The molecule has 7 nitrogen and oxygen atoms in total. The third-order valence-electron chi connectivity index (χ3n) is 4.32. The largest absolute Gasteiger partial charge is 0.482 e. The van der Waals surface area contributed by atoms with Crippen LogP contribution in [0.5, 0.6) is 5.75 Å². The van der Waals surface area contributed by atoms with Gasteiger partial charge in [0, 0.05) is 19.5 Å². The number of carbonyl (C=O) groups is 3. The lowest BCUT2D eigenvalue weighted by atomic mass is 10.0. The molecule has 2 rings (SSSR count). The molecule has 1 aromatic carbocycles. The highest BCUT2D eigenvalue weighted by Gasteiger charge is 2.31. The van der Waals surface area contributed by atoms with Gasteiger partial charge in [0.25, 0.3) is 0 Å². The van der Waals surface area contributed by atoms with E-state index in [2.05, 4.69) is 5.32 Å². The van der Waals surface area contributed by atoms with Gasteiger partial charge in [-0.2, -0.15) is 0 Å². The SMILES string of the molecule is CCCC(=O)N1CCCCC1C(=O)NCc1cccc(OCC(=O)O)c1. The van der Waals surface area contributed by atoms with E-state index in [0.29, 0.717) is 31.7 Å². The lowest BCUT2D eigenvalue weighted by Crippen LogP contribution is -2.51. The van der Waals surface area contributed by atoms with E-state index in [0.717, 1.165) is 24.8 Å². The van der Waals surface area contributed by atoms with Gasteiger partial charge in [0.15, 0.2) is 6.61 Å². The molecule has 1 aromatic rings. The lowest BCUT2D eigenvalue weighted by molar-refractivity contribution is -0.142. The number of piperidine rings is 1. The number of carboxylic acids is 1. The van der Waals surface area contributed by atoms with E-state index >= 15 is 0 Å². The molecule has 0 aromatic heterocycles. The first-order valence-electron chi connectivity index (χ1n) is 9.02. The van der Waals surface area contributed by atoms with Crippen molar-refractivity contribution in [1.82, 2.24) is 10.2 Å². The minimum absolute atomic E-state index is 0.0384. The van der Waals surface area contributed by atoms with Crippen LogP contribution in [0.2, 0.25) is 0 Å². The second-order valence-corrected chi connectivity index (χ2v) is 6.40. The summed E-state index contributed by atoms with van der Waals surface area (Å²) in [6.07, 6.45) is 3.79. The number of aliphatic carboxylic acids is 1. The van der Waals surface area contributed by atoms with Gasteiger partial charge >= 0.3 is 5.97 Å². The maximum absolute atomic E-state index is 12.6. The third-order valence-corrected chi connectivity index (χ3v) is 4.32. The Balaban J connectivity index is 1.93. The molecular weight excluding hydrogens is 336 g/mol. The van der Waals surface area contributed by atoms with E-state index in [4.69, 9.17) is 9.84 Å². The predicted octanol–water partition coefficient (Wildman–Crippen LogP) is 1.95. The molecule has 1 heterocycles. The van der Waals surface area contributed by atoms with Crippen LogP contribution in [0.3, 0.4) is 0 Å². The molecule has 1 saturated heterocycles. The number of rotatable bonds is 8. The average Bonchev–Trinajstić information content (AvgIpc) is 2.65. The highest BCUT2D eigenvalue weighted by molar-refractivity contribution is 5.87. The number of carboxylic acid groups (broad SMARTS) is 1. The van der Waals surface area contributed by atoms with Crippen molar-refractivity contribution >= 4 is 17.8 Å². The fourth-order valence-electron chi connectivity index (χ4n) is 3.06. The zero-order chi connectivity index (χ0) is 18.9. The van der Waals surface area contributed by atoms with Crippen LogP contribution < -0.4 is 10.1 Å². The van der Waals surface area contributed by atoms with Gasteiger partial charge in [-0.3, -0.25) is 9.59 Å². The summed E-state index contributed by atoms with van der Waals surface area (Å²) in [5.41, 5.74) is 0.809. The van der Waals surface area contributed by atoms with Gasteiger partial charge in [-0.05, 0) is 43.4 Å². The molecule has 7 heteroatoms. The van der Waals surface area contributed by atoms with Crippen LogP contribution in [0.25, 0.3) is 0 Å². The van der Waals surface area contributed by atoms with Crippen molar-refractivity contribution in [2.45, 2.75) is 51.6 Å². The second-order valence-electron chi connectivity index (χ2n) is 6.40. The average molecular weight is 362 g/mol. The smallest absolute Gasteiger partial charge is 0.341 e. The van der Waals surface area contributed by atoms with Gasteiger partial charge in [-0.25, -0.2) is 4.79 Å². The Morgan fingerprint density at radius 3 is 2.85 bits per heavy atom. The first-order chi connectivity index (χ1) is 12.5. The Morgan fingerprint density at radius 1 is 1.31 bits per heavy atom. The van der Waals surface area contributed by atoms with Crippen LogP contribution >= 0.6 is 0 Å². The fourth-order valence-corrected chi connectivity index (χ4v) is 3.06. The number of hydrogen-bond donors (Lipinski definition) is 2. The van der Waals surface area contributed by atoms with Gasteiger partial charge in [-0.1, -0.05) is 19.1 Å². The van der Waals surface area contributed by atoms with Crippen LogP contribution in [0, 0.1) is 0 Å². The normalized spacial score (nSPS) is 16.8. The third kappa shape index (κ3) is 5.75. The molecule has 0 aliphatic carbocycles. The summed E-state index contributed by atoms with van der Waals surface area (Å²) in [6, 6.07) is 6.53. The first kappa shape index (κ1) is 19.8. The lowest BCUT2D eigenvalue weighted by Gasteiger charge is -2.34. The molecule has 26 heavy (non-hydrogen) atoms. The summed E-state index contributed by atoms with van der Waals surface area (Å²) < 4.78 is 5.14. The maximum Gasteiger partial charge on any atom is 0.341 e. The van der Waals surface area contributed by atoms with Gasteiger partial charge in [-0.15, -0.1) is 0 Å². The Hall–Kier alpha value is -2.57. The highest BCUT2D eigenvalue weighted by Crippen LogP contribution is 2.19. The molecule has 1 fully saturated rings. The molecule has 142 valence electrons. The maximum atomic E-state index is 12.6. The minimum atomic E-state index is -1.04. The number of nitrogens with one attached hydrogen (secondary N) is 1.